The highest BCUT2D eigenvalue weighted by molar-refractivity contribution is 5.94. The van der Waals surface area contributed by atoms with E-state index >= 15 is 0 Å². The Balaban J connectivity index is 1.64. The number of anilines is 1. The Bertz CT molecular complexity index is 659. The van der Waals surface area contributed by atoms with Crippen molar-refractivity contribution in [2.24, 2.45) is 0 Å². The summed E-state index contributed by atoms with van der Waals surface area (Å²) in [6.45, 7) is 4.97. The number of hydrogen-bond acceptors (Lipinski definition) is 3. The summed E-state index contributed by atoms with van der Waals surface area (Å²) < 4.78 is 0. The van der Waals surface area contributed by atoms with Gasteiger partial charge in [0.05, 0.1) is 0 Å². The second-order valence-electron chi connectivity index (χ2n) is 5.67. The summed E-state index contributed by atoms with van der Waals surface area (Å²) in [6, 6.07) is 15.0. The monoisotopic (exact) mass is 296 g/mol. The number of phenols is 1. The number of hydrogen-bond donors (Lipinski definition) is 1. The second kappa shape index (κ2) is 6.10. The molecule has 3 rings (SSSR count). The van der Waals surface area contributed by atoms with Crippen molar-refractivity contribution in [3.8, 4) is 5.75 Å². The molecule has 0 aliphatic carbocycles. The van der Waals surface area contributed by atoms with Crippen LogP contribution in [-0.4, -0.2) is 42.1 Å². The molecule has 0 atom stereocenters. The Morgan fingerprint density at radius 2 is 1.68 bits per heavy atom. The molecule has 1 saturated heterocycles. The number of aromatic hydroxyl groups is 1. The van der Waals surface area contributed by atoms with Crippen LogP contribution in [0.25, 0.3) is 0 Å². The number of amides is 1. The summed E-state index contributed by atoms with van der Waals surface area (Å²) in [5.74, 6) is 0.367. The zero-order chi connectivity index (χ0) is 15.5. The van der Waals surface area contributed by atoms with Crippen LogP contribution in [0.3, 0.4) is 0 Å². The molecule has 0 bridgehead atoms. The van der Waals surface area contributed by atoms with E-state index in [-0.39, 0.29) is 11.7 Å². The number of piperazine rings is 1. The third kappa shape index (κ3) is 3.06. The smallest absolute Gasteiger partial charge is 0.253 e. The van der Waals surface area contributed by atoms with E-state index in [1.165, 1.54) is 0 Å². The third-order valence-electron chi connectivity index (χ3n) is 4.06. The molecule has 0 saturated carbocycles. The van der Waals surface area contributed by atoms with E-state index in [4.69, 9.17) is 0 Å². The summed E-state index contributed by atoms with van der Waals surface area (Å²) in [5.41, 5.74) is 2.91. The number of carbonyl (C=O) groups is 1. The zero-order valence-corrected chi connectivity index (χ0v) is 12.7. The lowest BCUT2D eigenvalue weighted by molar-refractivity contribution is 0.0747. The fraction of sp³-hybridized carbons (Fsp3) is 0.278. The summed E-state index contributed by atoms with van der Waals surface area (Å²) in [5, 5.41) is 9.56. The number of benzene rings is 2. The van der Waals surface area contributed by atoms with Gasteiger partial charge in [-0.15, -0.1) is 0 Å². The number of rotatable bonds is 2. The standard InChI is InChI=1S/C18H20N2O2/c1-14-5-7-15(8-6-14)18(22)20-11-9-19(10-12-20)16-3-2-4-17(21)13-16/h2-8,13,21H,9-12H2,1H3. The average molecular weight is 296 g/mol. The lowest BCUT2D eigenvalue weighted by Gasteiger charge is -2.36. The number of phenolic OH excluding ortho intramolecular Hbond substituents is 1. The molecule has 0 unspecified atom stereocenters. The van der Waals surface area contributed by atoms with Gasteiger partial charge in [-0.3, -0.25) is 4.79 Å². The molecule has 1 fully saturated rings. The highest BCUT2D eigenvalue weighted by atomic mass is 16.3. The van der Waals surface area contributed by atoms with Gasteiger partial charge in [-0.05, 0) is 31.2 Å². The first-order valence-electron chi connectivity index (χ1n) is 7.53. The second-order valence-corrected chi connectivity index (χ2v) is 5.67. The van der Waals surface area contributed by atoms with Crippen molar-refractivity contribution in [2.45, 2.75) is 6.92 Å². The Kier molecular flexibility index (Phi) is 4.00. The topological polar surface area (TPSA) is 43.8 Å². The molecule has 22 heavy (non-hydrogen) atoms. The summed E-state index contributed by atoms with van der Waals surface area (Å²) in [4.78, 5) is 16.6. The van der Waals surface area contributed by atoms with Crippen molar-refractivity contribution in [1.29, 1.82) is 0 Å². The van der Waals surface area contributed by atoms with Crippen LogP contribution in [0.1, 0.15) is 15.9 Å². The average Bonchev–Trinajstić information content (AvgIpc) is 2.55. The molecule has 1 N–H and O–H groups in total. The van der Waals surface area contributed by atoms with Crippen molar-refractivity contribution in [3.63, 3.8) is 0 Å². The number of carbonyl (C=O) groups excluding carboxylic acids is 1. The number of nitrogens with zero attached hydrogens (tertiary/aromatic N) is 2. The highest BCUT2D eigenvalue weighted by Gasteiger charge is 2.22. The minimum absolute atomic E-state index is 0.0931. The molecule has 1 heterocycles. The lowest BCUT2D eigenvalue weighted by atomic mass is 10.1. The van der Waals surface area contributed by atoms with E-state index in [2.05, 4.69) is 4.90 Å². The Morgan fingerprint density at radius 3 is 2.32 bits per heavy atom. The van der Waals surface area contributed by atoms with Crippen molar-refractivity contribution in [1.82, 2.24) is 4.90 Å². The SMILES string of the molecule is Cc1ccc(C(=O)N2CCN(c3cccc(O)c3)CC2)cc1. The van der Waals surface area contributed by atoms with Crippen LogP contribution in [0, 0.1) is 6.92 Å². The minimum Gasteiger partial charge on any atom is -0.508 e. The maximum absolute atomic E-state index is 12.5. The molecule has 2 aromatic rings. The molecule has 1 aliphatic heterocycles. The van der Waals surface area contributed by atoms with Gasteiger partial charge in [0.1, 0.15) is 5.75 Å². The molecule has 0 spiro atoms. The molecule has 4 heteroatoms. The van der Waals surface area contributed by atoms with Crippen LogP contribution in [0.5, 0.6) is 5.75 Å². The lowest BCUT2D eigenvalue weighted by Crippen LogP contribution is -2.48. The molecule has 2 aromatic carbocycles. The molecular weight excluding hydrogens is 276 g/mol. The third-order valence-corrected chi connectivity index (χ3v) is 4.06. The van der Waals surface area contributed by atoms with E-state index in [0.717, 1.165) is 29.9 Å². The van der Waals surface area contributed by atoms with Crippen LogP contribution in [0.4, 0.5) is 5.69 Å². The Hall–Kier alpha value is -2.49. The van der Waals surface area contributed by atoms with Gasteiger partial charge in [-0.2, -0.15) is 0 Å². The fourth-order valence-corrected chi connectivity index (χ4v) is 2.74. The minimum atomic E-state index is 0.0931. The molecule has 1 aliphatic rings. The quantitative estimate of drug-likeness (QED) is 0.926. The van der Waals surface area contributed by atoms with Gasteiger partial charge in [-0.1, -0.05) is 23.8 Å². The maximum atomic E-state index is 12.5. The first kappa shape index (κ1) is 14.4. The van der Waals surface area contributed by atoms with E-state index in [1.807, 2.05) is 48.2 Å². The molecule has 0 aromatic heterocycles. The predicted octanol–water partition coefficient (Wildman–Crippen LogP) is 2.66. The molecule has 114 valence electrons. The summed E-state index contributed by atoms with van der Waals surface area (Å²) >= 11 is 0. The van der Waals surface area contributed by atoms with E-state index in [1.54, 1.807) is 12.1 Å². The van der Waals surface area contributed by atoms with Gasteiger partial charge in [0.2, 0.25) is 0 Å². The normalized spacial score (nSPS) is 15.0. The van der Waals surface area contributed by atoms with Crippen molar-refractivity contribution in [2.75, 3.05) is 31.1 Å². The van der Waals surface area contributed by atoms with Gasteiger partial charge in [0.25, 0.3) is 5.91 Å². The van der Waals surface area contributed by atoms with Crippen LogP contribution in [0.15, 0.2) is 48.5 Å². The molecule has 4 nitrogen and oxygen atoms in total. The van der Waals surface area contributed by atoms with Crippen LogP contribution in [-0.2, 0) is 0 Å². The van der Waals surface area contributed by atoms with Crippen LogP contribution < -0.4 is 4.90 Å². The molecule has 0 radical (unpaired) electrons. The van der Waals surface area contributed by atoms with E-state index in [0.29, 0.717) is 13.1 Å². The maximum Gasteiger partial charge on any atom is 0.253 e. The summed E-state index contributed by atoms with van der Waals surface area (Å²) in [6.07, 6.45) is 0. The first-order valence-corrected chi connectivity index (χ1v) is 7.53. The van der Waals surface area contributed by atoms with Gasteiger partial charge >= 0.3 is 0 Å². The predicted molar refractivity (Wildman–Crippen MR) is 87.4 cm³/mol. The molecule has 1 amide bonds. The fourth-order valence-electron chi connectivity index (χ4n) is 2.74. The van der Waals surface area contributed by atoms with Gasteiger partial charge < -0.3 is 14.9 Å². The van der Waals surface area contributed by atoms with E-state index < -0.39 is 0 Å². The Labute approximate surface area is 130 Å². The number of aryl methyl sites for hydroxylation is 1. The van der Waals surface area contributed by atoms with Crippen molar-refractivity contribution >= 4 is 11.6 Å². The zero-order valence-electron chi connectivity index (χ0n) is 12.7. The highest BCUT2D eigenvalue weighted by Crippen LogP contribution is 2.21. The molecular formula is C18H20N2O2. The van der Waals surface area contributed by atoms with Gasteiger partial charge in [0.15, 0.2) is 0 Å². The van der Waals surface area contributed by atoms with Gasteiger partial charge in [-0.25, -0.2) is 0 Å². The van der Waals surface area contributed by atoms with Crippen LogP contribution in [0.2, 0.25) is 0 Å². The van der Waals surface area contributed by atoms with Crippen LogP contribution >= 0.6 is 0 Å². The van der Waals surface area contributed by atoms with E-state index in [9.17, 15) is 9.90 Å². The largest absolute Gasteiger partial charge is 0.508 e. The van der Waals surface area contributed by atoms with Gasteiger partial charge in [0, 0.05) is 43.5 Å². The van der Waals surface area contributed by atoms with Crippen molar-refractivity contribution < 1.29 is 9.90 Å². The first-order chi connectivity index (χ1) is 10.6. The van der Waals surface area contributed by atoms with Crippen molar-refractivity contribution in [3.05, 3.63) is 59.7 Å². The Morgan fingerprint density at radius 1 is 1.00 bits per heavy atom. The summed E-state index contributed by atoms with van der Waals surface area (Å²) in [7, 11) is 0.